The number of nitrogens with one attached hydrogen (secondary N) is 2. The second-order valence-corrected chi connectivity index (χ2v) is 6.05. The van der Waals surface area contributed by atoms with Gasteiger partial charge in [-0.15, -0.1) is 0 Å². The Bertz CT molecular complexity index is 497. The van der Waals surface area contributed by atoms with Crippen molar-refractivity contribution in [3.8, 4) is 11.5 Å². The van der Waals surface area contributed by atoms with E-state index in [2.05, 4.69) is 33.5 Å². The lowest BCUT2D eigenvalue weighted by Gasteiger charge is -2.27. The smallest absolute Gasteiger partial charge is 0.227 e. The van der Waals surface area contributed by atoms with Gasteiger partial charge in [-0.3, -0.25) is 4.79 Å². The Kier molecular flexibility index (Phi) is 5.47. The van der Waals surface area contributed by atoms with Gasteiger partial charge in [-0.2, -0.15) is 0 Å². The minimum atomic E-state index is 0.0434. The van der Waals surface area contributed by atoms with Crippen molar-refractivity contribution < 1.29 is 14.3 Å². The molecule has 2 atom stereocenters. The van der Waals surface area contributed by atoms with Crippen molar-refractivity contribution in [2.24, 2.45) is 5.92 Å². The molecule has 1 aromatic carbocycles. The van der Waals surface area contributed by atoms with Gasteiger partial charge in [0.05, 0.1) is 14.2 Å². The lowest BCUT2D eigenvalue weighted by molar-refractivity contribution is -0.120. The topological polar surface area (TPSA) is 59.6 Å². The van der Waals surface area contributed by atoms with Crippen LogP contribution in [-0.4, -0.2) is 32.7 Å². The molecule has 1 fully saturated rings. The highest BCUT2D eigenvalue weighted by Crippen LogP contribution is 2.37. The fraction of sp³-hybridized carbons (Fsp3) is 0.533. The third-order valence-electron chi connectivity index (χ3n) is 3.71. The Morgan fingerprint density at radius 1 is 1.33 bits per heavy atom. The monoisotopic (exact) mass is 356 g/mol. The maximum atomic E-state index is 12.4. The summed E-state index contributed by atoms with van der Waals surface area (Å²) in [4.78, 5) is 12.4. The highest BCUT2D eigenvalue weighted by molar-refractivity contribution is 9.10. The molecule has 6 heteroatoms. The van der Waals surface area contributed by atoms with Gasteiger partial charge < -0.3 is 20.1 Å². The normalized spacial score (nSPS) is 21.7. The summed E-state index contributed by atoms with van der Waals surface area (Å²) in [6.07, 6.45) is 1.72. The molecule has 0 saturated carbocycles. The maximum absolute atomic E-state index is 12.4. The minimum absolute atomic E-state index is 0.0434. The van der Waals surface area contributed by atoms with Crippen LogP contribution in [0.4, 0.5) is 5.69 Å². The van der Waals surface area contributed by atoms with Crippen molar-refractivity contribution >= 4 is 27.5 Å². The molecule has 0 bridgehead atoms. The first-order valence-electron chi connectivity index (χ1n) is 7.01. The van der Waals surface area contributed by atoms with E-state index in [1.807, 2.05) is 0 Å². The molecule has 1 aliphatic heterocycles. The molecule has 1 amide bonds. The molecule has 0 aliphatic carbocycles. The van der Waals surface area contributed by atoms with Crippen LogP contribution in [-0.2, 0) is 4.79 Å². The first-order chi connectivity index (χ1) is 10.0. The lowest BCUT2D eigenvalue weighted by atomic mass is 9.92. The number of carbonyl (C=O) groups is 1. The van der Waals surface area contributed by atoms with E-state index in [-0.39, 0.29) is 11.8 Å². The number of hydrogen-bond acceptors (Lipinski definition) is 4. The molecule has 116 valence electrons. The van der Waals surface area contributed by atoms with E-state index in [0.29, 0.717) is 23.2 Å². The van der Waals surface area contributed by atoms with Crippen molar-refractivity contribution in [1.29, 1.82) is 0 Å². The molecular formula is C15H21BrN2O3. The Balaban J connectivity index is 2.13. The Labute approximate surface area is 133 Å². The van der Waals surface area contributed by atoms with E-state index in [1.54, 1.807) is 26.4 Å². The van der Waals surface area contributed by atoms with Crippen molar-refractivity contribution in [2.45, 2.75) is 25.8 Å². The van der Waals surface area contributed by atoms with Crippen molar-refractivity contribution in [3.63, 3.8) is 0 Å². The zero-order valence-electron chi connectivity index (χ0n) is 12.5. The average molecular weight is 357 g/mol. The van der Waals surface area contributed by atoms with Gasteiger partial charge in [0.15, 0.2) is 0 Å². The summed E-state index contributed by atoms with van der Waals surface area (Å²) in [7, 11) is 3.17. The molecule has 1 heterocycles. The summed E-state index contributed by atoms with van der Waals surface area (Å²) >= 11 is 3.42. The summed E-state index contributed by atoms with van der Waals surface area (Å²) in [5.74, 6) is 1.35. The van der Waals surface area contributed by atoms with Crippen molar-refractivity contribution in [2.75, 3.05) is 26.1 Å². The standard InChI is InChI=1S/C15H21BrN2O3/c1-9-6-10(4-5-17-9)15(19)18-11-7-12(20-2)14(16)13(8-11)21-3/h7-10,17H,4-6H2,1-3H3,(H,18,19)/t9-,10-/m0/s1. The van der Waals surface area contributed by atoms with Crippen LogP contribution in [0.25, 0.3) is 0 Å². The van der Waals surface area contributed by atoms with Gasteiger partial charge >= 0.3 is 0 Å². The second-order valence-electron chi connectivity index (χ2n) is 5.26. The van der Waals surface area contributed by atoms with Gasteiger partial charge in [0, 0.05) is 29.8 Å². The molecule has 1 aromatic rings. The quantitative estimate of drug-likeness (QED) is 0.870. The third-order valence-corrected chi connectivity index (χ3v) is 4.49. The number of anilines is 1. The van der Waals surface area contributed by atoms with Gasteiger partial charge in [0.25, 0.3) is 0 Å². The molecule has 2 N–H and O–H groups in total. The second kappa shape index (κ2) is 7.13. The number of carbonyl (C=O) groups excluding carboxylic acids is 1. The SMILES string of the molecule is COc1cc(NC(=O)[C@H]2CCN[C@@H](C)C2)cc(OC)c1Br. The maximum Gasteiger partial charge on any atom is 0.227 e. The predicted octanol–water partition coefficient (Wildman–Crippen LogP) is 2.79. The molecule has 0 aromatic heterocycles. The fourth-order valence-electron chi connectivity index (χ4n) is 2.56. The van der Waals surface area contributed by atoms with Crippen LogP contribution in [0.2, 0.25) is 0 Å². The van der Waals surface area contributed by atoms with Gasteiger partial charge in [0.1, 0.15) is 16.0 Å². The summed E-state index contributed by atoms with van der Waals surface area (Å²) < 4.78 is 11.3. The minimum Gasteiger partial charge on any atom is -0.495 e. The van der Waals surface area contributed by atoms with Crippen LogP contribution in [0, 0.1) is 5.92 Å². The molecule has 2 rings (SSSR count). The number of halogens is 1. The summed E-state index contributed by atoms with van der Waals surface area (Å²) in [6.45, 7) is 2.98. The molecule has 21 heavy (non-hydrogen) atoms. The first kappa shape index (κ1) is 16.1. The van der Waals surface area contributed by atoms with Crippen LogP contribution in [0.5, 0.6) is 11.5 Å². The number of piperidine rings is 1. The van der Waals surface area contributed by atoms with E-state index >= 15 is 0 Å². The van der Waals surface area contributed by atoms with Crippen molar-refractivity contribution in [3.05, 3.63) is 16.6 Å². The Hall–Kier alpha value is -1.27. The number of rotatable bonds is 4. The van der Waals surface area contributed by atoms with Crippen LogP contribution in [0.1, 0.15) is 19.8 Å². The zero-order valence-corrected chi connectivity index (χ0v) is 14.1. The molecule has 1 aliphatic rings. The number of methoxy groups -OCH3 is 2. The summed E-state index contributed by atoms with van der Waals surface area (Å²) in [5, 5.41) is 6.31. The Morgan fingerprint density at radius 3 is 2.48 bits per heavy atom. The van der Waals surface area contributed by atoms with E-state index in [4.69, 9.17) is 9.47 Å². The fourth-order valence-corrected chi connectivity index (χ4v) is 3.11. The molecular weight excluding hydrogens is 336 g/mol. The van der Waals surface area contributed by atoms with Crippen LogP contribution in [0.3, 0.4) is 0 Å². The molecule has 1 saturated heterocycles. The number of amides is 1. The van der Waals surface area contributed by atoms with E-state index in [9.17, 15) is 4.79 Å². The predicted molar refractivity (Wildman–Crippen MR) is 86.1 cm³/mol. The van der Waals surface area contributed by atoms with Gasteiger partial charge in [-0.1, -0.05) is 0 Å². The van der Waals surface area contributed by atoms with Gasteiger partial charge in [0.2, 0.25) is 5.91 Å². The molecule has 5 nitrogen and oxygen atoms in total. The largest absolute Gasteiger partial charge is 0.495 e. The van der Waals surface area contributed by atoms with Crippen LogP contribution >= 0.6 is 15.9 Å². The highest BCUT2D eigenvalue weighted by Gasteiger charge is 2.25. The number of hydrogen-bond donors (Lipinski definition) is 2. The zero-order chi connectivity index (χ0) is 15.4. The number of ether oxygens (including phenoxy) is 2. The van der Waals surface area contributed by atoms with E-state index in [0.717, 1.165) is 23.9 Å². The van der Waals surface area contributed by atoms with Crippen LogP contribution in [0.15, 0.2) is 16.6 Å². The Morgan fingerprint density at radius 2 is 1.95 bits per heavy atom. The third kappa shape index (κ3) is 3.89. The van der Waals surface area contributed by atoms with Gasteiger partial charge in [-0.05, 0) is 42.2 Å². The average Bonchev–Trinajstić information content (AvgIpc) is 2.48. The van der Waals surface area contributed by atoms with Crippen molar-refractivity contribution in [1.82, 2.24) is 5.32 Å². The summed E-state index contributed by atoms with van der Waals surface area (Å²) in [5.41, 5.74) is 0.683. The lowest BCUT2D eigenvalue weighted by Crippen LogP contribution is -2.40. The molecule has 0 radical (unpaired) electrons. The number of benzene rings is 1. The first-order valence-corrected chi connectivity index (χ1v) is 7.80. The molecule has 0 spiro atoms. The summed E-state index contributed by atoms with van der Waals surface area (Å²) in [6, 6.07) is 3.95. The van der Waals surface area contributed by atoms with E-state index < -0.39 is 0 Å². The highest BCUT2D eigenvalue weighted by atomic mass is 79.9. The van der Waals surface area contributed by atoms with Crippen LogP contribution < -0.4 is 20.1 Å². The van der Waals surface area contributed by atoms with E-state index in [1.165, 1.54) is 0 Å². The molecule has 0 unspecified atom stereocenters. The van der Waals surface area contributed by atoms with Gasteiger partial charge in [-0.25, -0.2) is 0 Å².